The monoisotopic (exact) mass is 226 g/mol. The molecule has 0 bridgehead atoms. The number of benzene rings is 1. The Bertz CT molecular complexity index is 342. The van der Waals surface area contributed by atoms with E-state index in [4.69, 9.17) is 5.84 Å². The fourth-order valence-corrected chi connectivity index (χ4v) is 2.55. The van der Waals surface area contributed by atoms with Crippen molar-refractivity contribution < 1.29 is 8.78 Å². The van der Waals surface area contributed by atoms with Crippen LogP contribution in [0, 0.1) is 17.6 Å². The van der Waals surface area contributed by atoms with Crippen LogP contribution in [0.15, 0.2) is 18.2 Å². The third-order valence-corrected chi connectivity index (χ3v) is 3.29. The fraction of sp³-hybridized carbons (Fsp3) is 0.500. The van der Waals surface area contributed by atoms with E-state index in [9.17, 15) is 8.78 Å². The van der Waals surface area contributed by atoms with Gasteiger partial charge in [-0.25, -0.2) is 8.78 Å². The molecular formula is C12H16F2N2. The van der Waals surface area contributed by atoms with E-state index in [2.05, 4.69) is 5.43 Å². The van der Waals surface area contributed by atoms with Crippen molar-refractivity contribution in [3.8, 4) is 0 Å². The van der Waals surface area contributed by atoms with Crippen molar-refractivity contribution in [1.82, 2.24) is 5.43 Å². The number of halogens is 2. The highest BCUT2D eigenvalue weighted by molar-refractivity contribution is 5.22. The van der Waals surface area contributed by atoms with Gasteiger partial charge in [-0.2, -0.15) is 0 Å². The van der Waals surface area contributed by atoms with Gasteiger partial charge in [-0.15, -0.1) is 0 Å². The van der Waals surface area contributed by atoms with E-state index in [0.29, 0.717) is 11.5 Å². The molecule has 0 aromatic heterocycles. The highest BCUT2D eigenvalue weighted by Crippen LogP contribution is 2.35. The number of hydrogen-bond donors (Lipinski definition) is 2. The number of hydrazine groups is 1. The van der Waals surface area contributed by atoms with Gasteiger partial charge in [-0.05, 0) is 36.5 Å². The standard InChI is InChI=1S/C12H16F2N2/c13-10-5-9(6-11(14)7-10)12(16-15)8-3-1-2-4-8/h5-8,12,16H,1-4,15H2. The first-order valence-electron chi connectivity index (χ1n) is 5.63. The molecule has 1 fully saturated rings. The van der Waals surface area contributed by atoms with Crippen LogP contribution in [0.1, 0.15) is 37.3 Å². The smallest absolute Gasteiger partial charge is 0.126 e. The average molecular weight is 226 g/mol. The van der Waals surface area contributed by atoms with Gasteiger partial charge in [0, 0.05) is 12.1 Å². The molecule has 1 aliphatic carbocycles. The SMILES string of the molecule is NNC(c1cc(F)cc(F)c1)C1CCCC1. The summed E-state index contributed by atoms with van der Waals surface area (Å²) in [4.78, 5) is 0. The van der Waals surface area contributed by atoms with E-state index in [1.807, 2.05) is 0 Å². The number of hydrogen-bond acceptors (Lipinski definition) is 2. The molecule has 4 heteroatoms. The molecule has 2 rings (SSSR count). The Hall–Kier alpha value is -1.00. The zero-order valence-corrected chi connectivity index (χ0v) is 9.05. The summed E-state index contributed by atoms with van der Waals surface area (Å²) in [6, 6.07) is 3.44. The number of nitrogens with two attached hydrogens (primary N) is 1. The van der Waals surface area contributed by atoms with Gasteiger partial charge < -0.3 is 0 Å². The van der Waals surface area contributed by atoms with E-state index in [1.54, 1.807) is 0 Å². The van der Waals surface area contributed by atoms with Crippen LogP contribution in [0.25, 0.3) is 0 Å². The van der Waals surface area contributed by atoms with Gasteiger partial charge in [-0.3, -0.25) is 11.3 Å². The molecule has 1 aliphatic rings. The molecule has 1 aromatic rings. The molecule has 0 amide bonds. The van der Waals surface area contributed by atoms with E-state index in [0.717, 1.165) is 18.9 Å². The van der Waals surface area contributed by atoms with Crippen LogP contribution in [0.4, 0.5) is 8.78 Å². The van der Waals surface area contributed by atoms with Crippen LogP contribution >= 0.6 is 0 Å². The van der Waals surface area contributed by atoms with Gasteiger partial charge >= 0.3 is 0 Å². The fourth-order valence-electron chi connectivity index (χ4n) is 2.55. The van der Waals surface area contributed by atoms with Crippen molar-refractivity contribution in [3.05, 3.63) is 35.4 Å². The molecule has 1 saturated carbocycles. The lowest BCUT2D eigenvalue weighted by Gasteiger charge is -2.23. The zero-order chi connectivity index (χ0) is 11.5. The van der Waals surface area contributed by atoms with E-state index < -0.39 is 11.6 Å². The zero-order valence-electron chi connectivity index (χ0n) is 9.05. The second-order valence-corrected chi connectivity index (χ2v) is 4.39. The van der Waals surface area contributed by atoms with Crippen molar-refractivity contribution in [2.24, 2.45) is 11.8 Å². The third kappa shape index (κ3) is 2.39. The maximum absolute atomic E-state index is 13.1. The van der Waals surface area contributed by atoms with Crippen LogP contribution in [0.2, 0.25) is 0 Å². The van der Waals surface area contributed by atoms with Crippen molar-refractivity contribution in [2.75, 3.05) is 0 Å². The van der Waals surface area contributed by atoms with E-state index in [-0.39, 0.29) is 6.04 Å². The van der Waals surface area contributed by atoms with Crippen LogP contribution in [-0.4, -0.2) is 0 Å². The maximum atomic E-state index is 13.1. The summed E-state index contributed by atoms with van der Waals surface area (Å²) >= 11 is 0. The van der Waals surface area contributed by atoms with Crippen LogP contribution in [0.3, 0.4) is 0 Å². The van der Waals surface area contributed by atoms with Gasteiger partial charge in [0.25, 0.3) is 0 Å². The number of nitrogens with one attached hydrogen (secondary N) is 1. The van der Waals surface area contributed by atoms with Crippen LogP contribution in [-0.2, 0) is 0 Å². The molecule has 0 aliphatic heterocycles. The lowest BCUT2D eigenvalue weighted by molar-refractivity contribution is 0.371. The molecule has 3 N–H and O–H groups in total. The Balaban J connectivity index is 2.24. The Kier molecular flexibility index (Phi) is 3.51. The molecule has 2 nitrogen and oxygen atoms in total. The molecule has 0 radical (unpaired) electrons. The van der Waals surface area contributed by atoms with E-state index >= 15 is 0 Å². The van der Waals surface area contributed by atoms with Crippen LogP contribution in [0.5, 0.6) is 0 Å². The maximum Gasteiger partial charge on any atom is 0.126 e. The molecule has 1 unspecified atom stereocenters. The Labute approximate surface area is 93.8 Å². The summed E-state index contributed by atoms with van der Waals surface area (Å²) in [7, 11) is 0. The first-order valence-corrected chi connectivity index (χ1v) is 5.63. The quantitative estimate of drug-likeness (QED) is 0.614. The summed E-state index contributed by atoms with van der Waals surface area (Å²) in [5, 5.41) is 0. The summed E-state index contributed by atoms with van der Waals surface area (Å²) < 4.78 is 26.2. The van der Waals surface area contributed by atoms with Crippen molar-refractivity contribution >= 4 is 0 Å². The van der Waals surface area contributed by atoms with Crippen molar-refractivity contribution in [2.45, 2.75) is 31.7 Å². The van der Waals surface area contributed by atoms with Gasteiger partial charge in [0.15, 0.2) is 0 Å². The molecule has 0 spiro atoms. The molecule has 16 heavy (non-hydrogen) atoms. The molecule has 88 valence electrons. The van der Waals surface area contributed by atoms with Gasteiger partial charge in [0.1, 0.15) is 11.6 Å². The largest absolute Gasteiger partial charge is 0.271 e. The van der Waals surface area contributed by atoms with E-state index in [1.165, 1.54) is 25.0 Å². The molecular weight excluding hydrogens is 210 g/mol. The molecule has 0 heterocycles. The van der Waals surface area contributed by atoms with Gasteiger partial charge in [0.05, 0.1) is 0 Å². The first-order chi connectivity index (χ1) is 7.70. The summed E-state index contributed by atoms with van der Waals surface area (Å²) in [5.41, 5.74) is 3.28. The molecule has 1 aromatic carbocycles. The number of rotatable bonds is 3. The minimum absolute atomic E-state index is 0.146. The highest BCUT2D eigenvalue weighted by Gasteiger charge is 2.26. The normalized spacial score (nSPS) is 18.9. The predicted molar refractivity (Wildman–Crippen MR) is 58.4 cm³/mol. The average Bonchev–Trinajstić information content (AvgIpc) is 2.70. The topological polar surface area (TPSA) is 38.0 Å². The first kappa shape index (κ1) is 11.5. The minimum atomic E-state index is -0.548. The second kappa shape index (κ2) is 4.89. The second-order valence-electron chi connectivity index (χ2n) is 4.39. The minimum Gasteiger partial charge on any atom is -0.271 e. The van der Waals surface area contributed by atoms with Gasteiger partial charge in [-0.1, -0.05) is 12.8 Å². The third-order valence-electron chi connectivity index (χ3n) is 3.29. The summed E-state index contributed by atoms with van der Waals surface area (Å²) in [6.45, 7) is 0. The lowest BCUT2D eigenvalue weighted by Crippen LogP contribution is -2.32. The van der Waals surface area contributed by atoms with Crippen LogP contribution < -0.4 is 11.3 Å². The molecule has 0 saturated heterocycles. The van der Waals surface area contributed by atoms with Crippen molar-refractivity contribution in [1.29, 1.82) is 0 Å². The Morgan fingerprint density at radius 1 is 1.12 bits per heavy atom. The Morgan fingerprint density at radius 3 is 2.19 bits per heavy atom. The Morgan fingerprint density at radius 2 is 1.69 bits per heavy atom. The predicted octanol–water partition coefficient (Wildman–Crippen LogP) is 2.66. The highest BCUT2D eigenvalue weighted by atomic mass is 19.1. The lowest BCUT2D eigenvalue weighted by atomic mass is 9.92. The molecule has 1 atom stereocenters. The summed E-state index contributed by atoms with van der Waals surface area (Å²) in [6.07, 6.45) is 4.46. The summed E-state index contributed by atoms with van der Waals surface area (Å²) in [5.74, 6) is 4.77. The van der Waals surface area contributed by atoms with Gasteiger partial charge in [0.2, 0.25) is 0 Å². The van der Waals surface area contributed by atoms with Crippen molar-refractivity contribution in [3.63, 3.8) is 0 Å².